The van der Waals surface area contributed by atoms with E-state index in [-0.39, 0.29) is 0 Å². The van der Waals surface area contributed by atoms with Crippen LogP contribution in [0, 0.1) is 6.42 Å². The summed E-state index contributed by atoms with van der Waals surface area (Å²) in [4.78, 5) is 0. The molecule has 0 spiro atoms. The quantitative estimate of drug-likeness (QED) is 0.845. The minimum atomic E-state index is 0.344. The molecule has 0 aromatic heterocycles. The summed E-state index contributed by atoms with van der Waals surface area (Å²) < 4.78 is 5.65. The molecule has 2 rings (SSSR count). The van der Waals surface area contributed by atoms with Gasteiger partial charge in [-0.25, -0.2) is 0 Å². The molecule has 1 atom stereocenters. The van der Waals surface area contributed by atoms with E-state index >= 15 is 0 Å². The van der Waals surface area contributed by atoms with Crippen LogP contribution in [-0.4, -0.2) is 19.2 Å². The van der Waals surface area contributed by atoms with Gasteiger partial charge in [-0.05, 0) is 43.5 Å². The second-order valence-corrected chi connectivity index (χ2v) is 5.52. The predicted molar refractivity (Wildman–Crippen MR) is 76.5 cm³/mol. The fourth-order valence-corrected chi connectivity index (χ4v) is 2.56. The smallest absolute Gasteiger partial charge is 0.0778 e. The van der Waals surface area contributed by atoms with E-state index in [1.54, 1.807) is 12.1 Å². The lowest BCUT2D eigenvalue weighted by Gasteiger charge is -2.22. The summed E-state index contributed by atoms with van der Waals surface area (Å²) in [6.45, 7) is 2.21. The first-order valence-corrected chi connectivity index (χ1v) is 7.08. The van der Waals surface area contributed by atoms with Crippen LogP contribution in [0.5, 0.6) is 0 Å². The lowest BCUT2D eigenvalue weighted by molar-refractivity contribution is 0.102. The zero-order chi connectivity index (χ0) is 13.0. The first kappa shape index (κ1) is 14.4. The number of ether oxygens (including phenoxy) is 1. The van der Waals surface area contributed by atoms with Crippen molar-refractivity contribution in [3.8, 4) is 0 Å². The molecule has 1 aromatic rings. The van der Waals surface area contributed by atoms with Crippen LogP contribution in [0.15, 0.2) is 12.1 Å². The molecule has 1 saturated heterocycles. The highest BCUT2D eigenvalue weighted by Crippen LogP contribution is 2.31. The van der Waals surface area contributed by atoms with Gasteiger partial charge in [-0.1, -0.05) is 34.8 Å². The van der Waals surface area contributed by atoms with Crippen molar-refractivity contribution in [2.75, 3.05) is 13.2 Å². The average molecular weight is 308 g/mol. The Morgan fingerprint density at radius 1 is 1.22 bits per heavy atom. The van der Waals surface area contributed by atoms with Gasteiger partial charge in [-0.3, -0.25) is 0 Å². The van der Waals surface area contributed by atoms with Gasteiger partial charge in [0.2, 0.25) is 0 Å². The molecule has 1 fully saturated rings. The molecule has 0 bridgehead atoms. The van der Waals surface area contributed by atoms with E-state index in [1.807, 2.05) is 0 Å². The van der Waals surface area contributed by atoms with Crippen molar-refractivity contribution in [1.82, 2.24) is 5.32 Å². The van der Waals surface area contributed by atoms with Crippen molar-refractivity contribution in [2.45, 2.75) is 25.5 Å². The van der Waals surface area contributed by atoms with Crippen molar-refractivity contribution < 1.29 is 4.74 Å². The monoisotopic (exact) mass is 306 g/mol. The molecule has 1 unspecified atom stereocenters. The number of rotatable bonds is 4. The van der Waals surface area contributed by atoms with Gasteiger partial charge in [0.25, 0.3) is 0 Å². The molecule has 2 nitrogen and oxygen atoms in total. The number of hydrogen-bond acceptors (Lipinski definition) is 2. The summed E-state index contributed by atoms with van der Waals surface area (Å²) in [7, 11) is 0. The minimum absolute atomic E-state index is 0.344. The van der Waals surface area contributed by atoms with E-state index < -0.39 is 0 Å². The third kappa shape index (κ3) is 4.01. The van der Waals surface area contributed by atoms with Gasteiger partial charge < -0.3 is 10.1 Å². The van der Waals surface area contributed by atoms with Crippen molar-refractivity contribution in [1.29, 1.82) is 0 Å². The van der Waals surface area contributed by atoms with Crippen LogP contribution in [-0.2, 0) is 11.3 Å². The molecule has 1 heterocycles. The molecule has 1 N–H and O–H groups in total. The largest absolute Gasteiger partial charge is 0.375 e. The summed E-state index contributed by atoms with van der Waals surface area (Å²) in [6, 6.07) is 3.92. The highest BCUT2D eigenvalue weighted by Gasteiger charge is 2.13. The molecule has 99 valence electrons. The van der Waals surface area contributed by atoms with Crippen LogP contribution in [0.2, 0.25) is 15.1 Å². The van der Waals surface area contributed by atoms with Gasteiger partial charge in [-0.2, -0.15) is 0 Å². The van der Waals surface area contributed by atoms with Crippen molar-refractivity contribution >= 4 is 34.8 Å². The first-order chi connectivity index (χ1) is 8.66. The summed E-state index contributed by atoms with van der Waals surface area (Å²) in [5.41, 5.74) is 0.935. The maximum Gasteiger partial charge on any atom is 0.0778 e. The molecule has 18 heavy (non-hydrogen) atoms. The summed E-state index contributed by atoms with van der Waals surface area (Å²) >= 11 is 17.8. The molecule has 1 aliphatic rings. The SMILES string of the molecule is Clc1cc(COCC2[CH]CCCN2)cc(Cl)c1Cl. The Morgan fingerprint density at radius 2 is 1.94 bits per heavy atom. The average Bonchev–Trinajstić information content (AvgIpc) is 2.37. The van der Waals surface area contributed by atoms with Crippen molar-refractivity contribution in [2.24, 2.45) is 0 Å². The van der Waals surface area contributed by atoms with E-state index in [9.17, 15) is 0 Å². The topological polar surface area (TPSA) is 21.3 Å². The molecule has 0 saturated carbocycles. The van der Waals surface area contributed by atoms with Crippen molar-refractivity contribution in [3.63, 3.8) is 0 Å². The Morgan fingerprint density at radius 3 is 2.56 bits per heavy atom. The van der Waals surface area contributed by atoms with Gasteiger partial charge in [0.05, 0.1) is 28.3 Å². The van der Waals surface area contributed by atoms with E-state index in [4.69, 9.17) is 39.5 Å². The van der Waals surface area contributed by atoms with E-state index in [0.717, 1.165) is 18.5 Å². The molecule has 1 radical (unpaired) electrons. The molecule has 1 aromatic carbocycles. The van der Waals surface area contributed by atoms with Crippen molar-refractivity contribution in [3.05, 3.63) is 39.2 Å². The van der Waals surface area contributed by atoms with Gasteiger partial charge >= 0.3 is 0 Å². The second kappa shape index (κ2) is 6.97. The molecule has 5 heteroatoms. The summed E-state index contributed by atoms with van der Waals surface area (Å²) in [5, 5.41) is 4.70. The Bertz CT molecular complexity index is 382. The minimum Gasteiger partial charge on any atom is -0.375 e. The van der Waals surface area contributed by atoms with E-state index in [2.05, 4.69) is 11.7 Å². The van der Waals surface area contributed by atoms with Gasteiger partial charge in [0.1, 0.15) is 0 Å². The maximum atomic E-state index is 5.96. The highest BCUT2D eigenvalue weighted by atomic mass is 35.5. The number of hydrogen-bond donors (Lipinski definition) is 1. The highest BCUT2D eigenvalue weighted by molar-refractivity contribution is 6.48. The molecular weight excluding hydrogens is 293 g/mol. The standard InChI is InChI=1S/C13H15Cl3NO/c14-11-5-9(6-12(15)13(11)16)7-18-8-10-3-1-2-4-17-10/h3,5-6,10,17H,1-2,4,7-8H2. The van der Waals surface area contributed by atoms with Gasteiger partial charge in [0.15, 0.2) is 0 Å². The fraction of sp³-hybridized carbons (Fsp3) is 0.462. The molecule has 1 aliphatic heterocycles. The fourth-order valence-electron chi connectivity index (χ4n) is 1.91. The van der Waals surface area contributed by atoms with Crippen LogP contribution >= 0.6 is 34.8 Å². The third-order valence-electron chi connectivity index (χ3n) is 2.85. The Balaban J connectivity index is 1.82. The maximum absolute atomic E-state index is 5.96. The van der Waals surface area contributed by atoms with E-state index in [0.29, 0.717) is 34.3 Å². The van der Waals surface area contributed by atoms with E-state index in [1.165, 1.54) is 6.42 Å². The Hall–Kier alpha value is 0.01000. The lowest BCUT2D eigenvalue weighted by atomic mass is 10.1. The molecule has 0 amide bonds. The number of benzene rings is 1. The Labute approximate surface area is 123 Å². The zero-order valence-corrected chi connectivity index (χ0v) is 12.2. The normalized spacial score (nSPS) is 20.1. The predicted octanol–water partition coefficient (Wildman–Crippen LogP) is 4.12. The van der Waals surface area contributed by atoms with Crippen LogP contribution in [0.25, 0.3) is 0 Å². The van der Waals surface area contributed by atoms with Gasteiger partial charge in [-0.15, -0.1) is 0 Å². The number of piperidine rings is 1. The van der Waals surface area contributed by atoms with Crippen LogP contribution in [0.1, 0.15) is 18.4 Å². The summed E-state index contributed by atoms with van der Waals surface area (Å²) in [6.07, 6.45) is 4.61. The van der Waals surface area contributed by atoms with Gasteiger partial charge in [0, 0.05) is 6.04 Å². The number of halogens is 3. The molecule has 0 aliphatic carbocycles. The zero-order valence-electron chi connectivity index (χ0n) is 9.89. The van der Waals surface area contributed by atoms with Crippen LogP contribution < -0.4 is 5.32 Å². The third-order valence-corrected chi connectivity index (χ3v) is 4.05. The lowest BCUT2D eigenvalue weighted by Crippen LogP contribution is -2.38. The van der Waals surface area contributed by atoms with Crippen LogP contribution in [0.4, 0.5) is 0 Å². The number of nitrogens with one attached hydrogen (secondary N) is 1. The first-order valence-electron chi connectivity index (χ1n) is 5.94. The molecular formula is C13H15Cl3NO. The van der Waals surface area contributed by atoms with Crippen LogP contribution in [0.3, 0.4) is 0 Å². The summed E-state index contributed by atoms with van der Waals surface area (Å²) in [5.74, 6) is 0. The second-order valence-electron chi connectivity index (χ2n) is 4.33. The Kier molecular flexibility index (Phi) is 5.58.